The van der Waals surface area contributed by atoms with E-state index in [0.29, 0.717) is 23.0 Å². The maximum Gasteiger partial charge on any atom is 0.253 e. The number of halogens is 1. The number of amides is 1. The summed E-state index contributed by atoms with van der Waals surface area (Å²) in [5.41, 5.74) is 1.55. The first-order chi connectivity index (χ1) is 11.0. The maximum absolute atomic E-state index is 12.1. The van der Waals surface area contributed by atoms with Gasteiger partial charge in [-0.2, -0.15) is 0 Å². The number of hydrogen-bond donors (Lipinski definition) is 2. The van der Waals surface area contributed by atoms with Gasteiger partial charge in [0, 0.05) is 24.3 Å². The summed E-state index contributed by atoms with van der Waals surface area (Å²) in [6.07, 6.45) is 2.68. The molecule has 2 aromatic rings. The number of carbonyl (C=O) groups excluding carboxylic acids is 1. The first-order valence-electron chi connectivity index (χ1n) is 7.77. The van der Waals surface area contributed by atoms with Crippen LogP contribution < -0.4 is 10.6 Å². The van der Waals surface area contributed by atoms with Gasteiger partial charge >= 0.3 is 0 Å². The van der Waals surface area contributed by atoms with Crippen molar-refractivity contribution < 1.29 is 4.79 Å². The second-order valence-electron chi connectivity index (χ2n) is 5.85. The van der Waals surface area contributed by atoms with Gasteiger partial charge in [-0.25, -0.2) is 4.98 Å². The Morgan fingerprint density at radius 2 is 1.91 bits per heavy atom. The van der Waals surface area contributed by atoms with Crippen LogP contribution in [0.1, 0.15) is 36.2 Å². The summed E-state index contributed by atoms with van der Waals surface area (Å²) in [6.45, 7) is 5.71. The lowest BCUT2D eigenvalue weighted by Gasteiger charge is -2.09. The molecular weight excluding hydrogens is 310 g/mol. The lowest BCUT2D eigenvalue weighted by atomic mass is 10.1. The Labute approximate surface area is 142 Å². The van der Waals surface area contributed by atoms with Crippen LogP contribution in [0.3, 0.4) is 0 Å². The highest BCUT2D eigenvalue weighted by molar-refractivity contribution is 6.30. The molecule has 2 rings (SSSR count). The lowest BCUT2D eigenvalue weighted by Crippen LogP contribution is -2.23. The van der Waals surface area contributed by atoms with E-state index in [1.807, 2.05) is 30.3 Å². The summed E-state index contributed by atoms with van der Waals surface area (Å²) < 4.78 is 0. The van der Waals surface area contributed by atoms with Crippen LogP contribution in [0.25, 0.3) is 0 Å². The number of rotatable bonds is 7. The SMILES string of the molecule is CC(C)CCNc1ccc(C(=O)NCc2ccc(Cl)cc2)cn1. The number of nitrogens with zero attached hydrogens (tertiary/aromatic N) is 1. The van der Waals surface area contributed by atoms with E-state index in [4.69, 9.17) is 11.6 Å². The number of benzene rings is 1. The van der Waals surface area contributed by atoms with Gasteiger partial charge in [0.1, 0.15) is 5.82 Å². The van der Waals surface area contributed by atoms with Gasteiger partial charge in [0.2, 0.25) is 0 Å². The molecule has 5 heteroatoms. The van der Waals surface area contributed by atoms with Crippen molar-refractivity contribution >= 4 is 23.3 Å². The van der Waals surface area contributed by atoms with Gasteiger partial charge in [-0.05, 0) is 42.2 Å². The van der Waals surface area contributed by atoms with E-state index in [0.717, 1.165) is 24.3 Å². The number of aromatic nitrogens is 1. The van der Waals surface area contributed by atoms with E-state index in [1.165, 1.54) is 0 Å². The van der Waals surface area contributed by atoms with E-state index < -0.39 is 0 Å². The highest BCUT2D eigenvalue weighted by Gasteiger charge is 2.06. The zero-order valence-corrected chi connectivity index (χ0v) is 14.2. The van der Waals surface area contributed by atoms with Crippen LogP contribution in [0.4, 0.5) is 5.82 Å². The van der Waals surface area contributed by atoms with Gasteiger partial charge in [-0.3, -0.25) is 4.79 Å². The topological polar surface area (TPSA) is 54.0 Å². The molecule has 0 saturated heterocycles. The fourth-order valence-corrected chi connectivity index (χ4v) is 2.13. The zero-order chi connectivity index (χ0) is 16.7. The van der Waals surface area contributed by atoms with Crippen LogP contribution in [0.2, 0.25) is 5.02 Å². The molecule has 1 aromatic heterocycles. The second-order valence-corrected chi connectivity index (χ2v) is 6.29. The standard InChI is InChI=1S/C18H22ClN3O/c1-13(2)9-10-20-17-8-5-15(12-21-17)18(23)22-11-14-3-6-16(19)7-4-14/h3-8,12-13H,9-11H2,1-2H3,(H,20,21)(H,22,23). The monoisotopic (exact) mass is 331 g/mol. The number of carbonyl (C=O) groups is 1. The minimum Gasteiger partial charge on any atom is -0.370 e. The molecule has 1 amide bonds. The summed E-state index contributed by atoms with van der Waals surface area (Å²) >= 11 is 5.84. The molecule has 1 heterocycles. The van der Waals surface area contributed by atoms with Gasteiger partial charge in [0.15, 0.2) is 0 Å². The van der Waals surface area contributed by atoms with Crippen molar-refractivity contribution in [3.8, 4) is 0 Å². The molecule has 0 unspecified atom stereocenters. The minimum atomic E-state index is -0.138. The van der Waals surface area contributed by atoms with E-state index in [1.54, 1.807) is 12.3 Å². The fraction of sp³-hybridized carbons (Fsp3) is 0.333. The average molecular weight is 332 g/mol. The van der Waals surface area contributed by atoms with Crippen molar-refractivity contribution in [3.63, 3.8) is 0 Å². The third-order valence-electron chi connectivity index (χ3n) is 3.42. The molecule has 0 saturated carbocycles. The molecule has 0 aliphatic heterocycles. The summed E-state index contributed by atoms with van der Waals surface area (Å²) in [4.78, 5) is 16.4. The predicted octanol–water partition coefficient (Wildman–Crippen LogP) is 4.12. The molecule has 0 aliphatic rings. The van der Waals surface area contributed by atoms with Crippen molar-refractivity contribution in [2.75, 3.05) is 11.9 Å². The average Bonchev–Trinajstić information content (AvgIpc) is 2.54. The van der Waals surface area contributed by atoms with Crippen LogP contribution in [0.15, 0.2) is 42.6 Å². The van der Waals surface area contributed by atoms with Crippen LogP contribution in [0.5, 0.6) is 0 Å². The molecule has 23 heavy (non-hydrogen) atoms. The van der Waals surface area contributed by atoms with E-state index in [9.17, 15) is 4.79 Å². The van der Waals surface area contributed by atoms with Crippen molar-refractivity contribution in [2.24, 2.45) is 5.92 Å². The highest BCUT2D eigenvalue weighted by Crippen LogP contribution is 2.10. The van der Waals surface area contributed by atoms with Crippen LogP contribution in [-0.2, 0) is 6.54 Å². The van der Waals surface area contributed by atoms with Crippen LogP contribution in [-0.4, -0.2) is 17.4 Å². The molecule has 0 bridgehead atoms. The Balaban J connectivity index is 1.83. The van der Waals surface area contributed by atoms with Gasteiger partial charge < -0.3 is 10.6 Å². The molecule has 0 spiro atoms. The molecule has 0 aliphatic carbocycles. The largest absolute Gasteiger partial charge is 0.370 e. The Kier molecular flexibility index (Phi) is 6.41. The summed E-state index contributed by atoms with van der Waals surface area (Å²) in [7, 11) is 0. The van der Waals surface area contributed by atoms with E-state index in [2.05, 4.69) is 29.5 Å². The quantitative estimate of drug-likeness (QED) is 0.802. The molecule has 0 atom stereocenters. The third kappa shape index (κ3) is 5.91. The normalized spacial score (nSPS) is 10.6. The second kappa shape index (κ2) is 8.53. The van der Waals surface area contributed by atoms with Crippen LogP contribution in [0, 0.1) is 5.92 Å². The summed E-state index contributed by atoms with van der Waals surface area (Å²) in [6, 6.07) is 11.0. The van der Waals surface area contributed by atoms with Gasteiger partial charge in [-0.15, -0.1) is 0 Å². The Morgan fingerprint density at radius 3 is 2.52 bits per heavy atom. The maximum atomic E-state index is 12.1. The van der Waals surface area contributed by atoms with E-state index >= 15 is 0 Å². The number of hydrogen-bond acceptors (Lipinski definition) is 3. The minimum absolute atomic E-state index is 0.138. The zero-order valence-electron chi connectivity index (χ0n) is 13.5. The van der Waals surface area contributed by atoms with Crippen molar-refractivity contribution in [3.05, 3.63) is 58.7 Å². The Bertz CT molecular complexity index is 624. The third-order valence-corrected chi connectivity index (χ3v) is 3.67. The van der Waals surface area contributed by atoms with Gasteiger partial charge in [-0.1, -0.05) is 37.6 Å². The van der Waals surface area contributed by atoms with Crippen molar-refractivity contribution in [1.29, 1.82) is 0 Å². The Hall–Kier alpha value is -2.07. The summed E-state index contributed by atoms with van der Waals surface area (Å²) in [5, 5.41) is 6.80. The molecule has 122 valence electrons. The molecule has 2 N–H and O–H groups in total. The van der Waals surface area contributed by atoms with Gasteiger partial charge in [0.05, 0.1) is 5.56 Å². The number of nitrogens with one attached hydrogen (secondary N) is 2. The molecular formula is C18H22ClN3O. The summed E-state index contributed by atoms with van der Waals surface area (Å²) in [5.74, 6) is 1.31. The van der Waals surface area contributed by atoms with Gasteiger partial charge in [0.25, 0.3) is 5.91 Å². The van der Waals surface area contributed by atoms with Crippen molar-refractivity contribution in [2.45, 2.75) is 26.8 Å². The number of pyridine rings is 1. The molecule has 0 radical (unpaired) electrons. The first-order valence-corrected chi connectivity index (χ1v) is 8.15. The molecule has 4 nitrogen and oxygen atoms in total. The lowest BCUT2D eigenvalue weighted by molar-refractivity contribution is 0.0950. The Morgan fingerprint density at radius 1 is 1.17 bits per heavy atom. The highest BCUT2D eigenvalue weighted by atomic mass is 35.5. The molecule has 0 fully saturated rings. The number of anilines is 1. The fourth-order valence-electron chi connectivity index (χ4n) is 2.01. The first kappa shape index (κ1) is 17.3. The van der Waals surface area contributed by atoms with Crippen LogP contribution >= 0.6 is 11.6 Å². The predicted molar refractivity (Wildman–Crippen MR) is 94.8 cm³/mol. The van der Waals surface area contributed by atoms with E-state index in [-0.39, 0.29) is 5.91 Å². The smallest absolute Gasteiger partial charge is 0.253 e. The molecule has 1 aromatic carbocycles. The van der Waals surface area contributed by atoms with Crippen molar-refractivity contribution in [1.82, 2.24) is 10.3 Å².